The lowest BCUT2D eigenvalue weighted by molar-refractivity contribution is -0.138. The Morgan fingerprint density at radius 2 is 1.13 bits per heavy atom. The first-order valence-corrected chi connectivity index (χ1v) is 26.7. The Kier molecular flexibility index (Phi) is 22.6. The minimum absolute atomic E-state index is 0.0120. The molecule has 5 N–H and O–H groups in total. The zero-order valence-electron chi connectivity index (χ0n) is 41.7. The lowest BCUT2D eigenvalue weighted by Gasteiger charge is -2.44. The van der Waals surface area contributed by atoms with Crippen LogP contribution in [0.5, 0.6) is 0 Å². The molecule has 390 valence electrons. The summed E-state index contributed by atoms with van der Waals surface area (Å²) in [4.78, 5) is 55.0. The number of carbonyl (C=O) groups excluding carboxylic acids is 3. The van der Waals surface area contributed by atoms with Crippen LogP contribution in [0.1, 0.15) is 136 Å². The van der Waals surface area contributed by atoms with E-state index >= 15 is 0 Å². The number of carbonyl (C=O) groups is 4. The largest absolute Gasteiger partial charge is 0.674 e. The highest BCUT2D eigenvalue weighted by atomic mass is 32.1. The van der Waals surface area contributed by atoms with Crippen molar-refractivity contribution in [3.8, 4) is 0 Å². The van der Waals surface area contributed by atoms with Crippen LogP contribution < -0.4 is 16.0 Å². The molecule has 0 bridgehead atoms. The third-order valence-corrected chi connectivity index (χ3v) is 16.3. The topological polar surface area (TPSA) is 164 Å². The summed E-state index contributed by atoms with van der Waals surface area (Å²) in [5, 5.41) is 22.3. The molecule has 2 unspecified atom stereocenters. The molecule has 17 heteroatoms. The monoisotopic (exact) mass is 1020 g/mol. The van der Waals surface area contributed by atoms with E-state index in [-0.39, 0.29) is 66.0 Å². The van der Waals surface area contributed by atoms with Gasteiger partial charge in [0.1, 0.15) is 0 Å². The van der Waals surface area contributed by atoms with E-state index < -0.39 is 17.7 Å². The van der Waals surface area contributed by atoms with E-state index in [0.29, 0.717) is 44.3 Å². The van der Waals surface area contributed by atoms with E-state index in [0.717, 1.165) is 88.3 Å². The van der Waals surface area contributed by atoms with Gasteiger partial charge in [-0.25, -0.2) is 0 Å². The molecule has 3 aliphatic rings. The van der Waals surface area contributed by atoms with Crippen molar-refractivity contribution in [2.45, 2.75) is 164 Å². The van der Waals surface area contributed by atoms with E-state index in [4.69, 9.17) is 15.6 Å². The highest BCUT2D eigenvalue weighted by Crippen LogP contribution is 2.44. The first-order valence-electron chi connectivity index (χ1n) is 24.9. The van der Waals surface area contributed by atoms with Gasteiger partial charge in [0, 0.05) is 47.5 Å². The van der Waals surface area contributed by atoms with Crippen LogP contribution >= 0.6 is 22.7 Å². The maximum absolute atomic E-state index is 12.6. The summed E-state index contributed by atoms with van der Waals surface area (Å²) in [6.07, 6.45) is 8.91. The number of thiophene rings is 2. The van der Waals surface area contributed by atoms with Gasteiger partial charge >= 0.3 is 12.1 Å². The average Bonchev–Trinajstić information content (AvgIpc) is 4.18. The zero-order valence-corrected chi connectivity index (χ0v) is 43.4. The SMILES string of the molecule is CN(C)C1(c2cccs2)CCC(NC(=O)CCCC(=O)NC2CCCC2OCc2ccccc2)CC1.CN(C)C1(c2cccs2)CCC(NC(=O)CCCC(=O)O)CC1.[NH-]Cc1ccc(C(F)(F)F)cc1. The molecular formula is C54H74F3N6O6S2-. The fourth-order valence-electron chi connectivity index (χ4n) is 9.96. The number of hydrogen-bond donors (Lipinski definition) is 4. The zero-order chi connectivity index (χ0) is 51.4. The van der Waals surface area contributed by atoms with Crippen LogP contribution in [0.4, 0.5) is 13.2 Å². The van der Waals surface area contributed by atoms with Gasteiger partial charge in [0.05, 0.1) is 35.4 Å². The van der Waals surface area contributed by atoms with Gasteiger partial charge in [-0.05, 0) is 152 Å². The Morgan fingerprint density at radius 1 is 0.648 bits per heavy atom. The van der Waals surface area contributed by atoms with Gasteiger partial charge in [0.15, 0.2) is 0 Å². The average molecular weight is 1020 g/mol. The van der Waals surface area contributed by atoms with Gasteiger partial charge in [-0.1, -0.05) is 60.2 Å². The van der Waals surface area contributed by atoms with Crippen LogP contribution in [0, 0.1) is 0 Å². The van der Waals surface area contributed by atoms with Crippen LogP contribution in [-0.4, -0.2) is 91.0 Å². The summed E-state index contributed by atoms with van der Waals surface area (Å²) in [5.74, 6) is -0.787. The van der Waals surface area contributed by atoms with E-state index in [1.165, 1.54) is 21.9 Å². The molecule has 4 aromatic rings. The summed E-state index contributed by atoms with van der Waals surface area (Å²) >= 11 is 3.62. The van der Waals surface area contributed by atoms with Crippen molar-refractivity contribution < 1.29 is 42.2 Å². The Labute approximate surface area is 426 Å². The first-order chi connectivity index (χ1) is 33.9. The Hall–Kier alpha value is -4.65. The number of hydrogen-bond acceptors (Lipinski definition) is 9. The molecular weight excluding hydrogens is 950 g/mol. The van der Waals surface area contributed by atoms with Crippen molar-refractivity contribution in [2.24, 2.45) is 0 Å². The summed E-state index contributed by atoms with van der Waals surface area (Å²) in [5.41, 5.74) is 8.12. The number of alkyl halides is 3. The molecule has 3 saturated carbocycles. The Bertz CT molecular complexity index is 2190. The van der Waals surface area contributed by atoms with Crippen molar-refractivity contribution in [2.75, 3.05) is 28.2 Å². The molecule has 12 nitrogen and oxygen atoms in total. The lowest BCUT2D eigenvalue weighted by atomic mass is 9.77. The van der Waals surface area contributed by atoms with E-state index in [2.05, 4.69) is 101 Å². The van der Waals surface area contributed by atoms with Crippen LogP contribution in [0.3, 0.4) is 0 Å². The molecule has 71 heavy (non-hydrogen) atoms. The maximum atomic E-state index is 12.6. The fourth-order valence-corrected chi connectivity index (χ4v) is 12.1. The lowest BCUT2D eigenvalue weighted by Crippen LogP contribution is -2.48. The second kappa shape index (κ2) is 28.0. The van der Waals surface area contributed by atoms with Gasteiger partial charge in [-0.3, -0.25) is 29.0 Å². The number of benzene rings is 2. The molecule has 2 aromatic heterocycles. The van der Waals surface area contributed by atoms with Crippen LogP contribution in [0.25, 0.3) is 5.73 Å². The molecule has 0 saturated heterocycles. The number of carboxylic acid groups (broad SMARTS) is 1. The van der Waals surface area contributed by atoms with Gasteiger partial charge in [0.25, 0.3) is 0 Å². The molecule has 2 aromatic carbocycles. The van der Waals surface area contributed by atoms with E-state index in [1.54, 1.807) is 11.3 Å². The van der Waals surface area contributed by atoms with Gasteiger partial charge in [0.2, 0.25) is 17.7 Å². The highest BCUT2D eigenvalue weighted by molar-refractivity contribution is 7.10. The third kappa shape index (κ3) is 17.5. The summed E-state index contributed by atoms with van der Waals surface area (Å²) in [6, 6.07) is 23.9. The van der Waals surface area contributed by atoms with Crippen molar-refractivity contribution in [3.05, 3.63) is 122 Å². The Morgan fingerprint density at radius 3 is 1.55 bits per heavy atom. The van der Waals surface area contributed by atoms with Gasteiger partial charge in [-0.2, -0.15) is 13.2 Å². The molecule has 0 aliphatic heterocycles. The van der Waals surface area contributed by atoms with Crippen LogP contribution in [0.2, 0.25) is 0 Å². The molecule has 2 heterocycles. The number of rotatable bonds is 19. The van der Waals surface area contributed by atoms with E-state index in [9.17, 15) is 32.3 Å². The predicted molar refractivity (Wildman–Crippen MR) is 276 cm³/mol. The van der Waals surface area contributed by atoms with Crippen molar-refractivity contribution >= 4 is 46.4 Å². The maximum Gasteiger partial charge on any atom is 0.416 e. The molecule has 3 fully saturated rings. The second-order valence-electron chi connectivity index (χ2n) is 19.4. The second-order valence-corrected chi connectivity index (χ2v) is 21.3. The minimum Gasteiger partial charge on any atom is -0.674 e. The number of halogens is 3. The van der Waals surface area contributed by atoms with Gasteiger partial charge < -0.3 is 31.5 Å². The minimum atomic E-state index is -4.28. The highest BCUT2D eigenvalue weighted by Gasteiger charge is 2.41. The number of carboxylic acids is 1. The predicted octanol–water partition coefficient (Wildman–Crippen LogP) is 11.1. The smallest absolute Gasteiger partial charge is 0.416 e. The van der Waals surface area contributed by atoms with Crippen LogP contribution in [0.15, 0.2) is 89.6 Å². The Balaban J connectivity index is 0.000000227. The molecule has 2 atom stereocenters. The van der Waals surface area contributed by atoms with Gasteiger partial charge in [-0.15, -0.1) is 29.2 Å². The first kappa shape index (κ1) is 57.3. The molecule has 7 rings (SSSR count). The number of amides is 3. The van der Waals surface area contributed by atoms with Crippen molar-refractivity contribution in [1.82, 2.24) is 25.8 Å². The number of aliphatic carboxylic acids is 1. The number of ether oxygens (including phenoxy) is 1. The molecule has 3 amide bonds. The quantitative estimate of drug-likeness (QED) is 0.0721. The number of nitrogens with zero attached hydrogens (tertiary/aromatic N) is 2. The van der Waals surface area contributed by atoms with Crippen molar-refractivity contribution in [3.63, 3.8) is 0 Å². The van der Waals surface area contributed by atoms with Crippen LogP contribution in [-0.2, 0) is 54.3 Å². The standard InChI is InChI=1S/C29H41N3O3S.C17H26N2O3S.C8H7F3N/c1-32(2)29(26-13-8-20-36-26)18-16-23(17-19-29)30-27(33)14-7-15-28(34)31-24-11-6-12-25(24)35-21-22-9-4-3-5-10-22;1-19(2)17(14-5-4-12-23-14)10-8-13(9-11-17)18-15(20)6-3-7-16(21)22;9-8(10,11)7-3-1-6(5-12)2-4-7/h3-5,8-10,13,20,23-25H,6-7,11-12,14-19,21H2,1-2H3,(H,30,33)(H,31,34);4-5,12-13H,3,6-11H2,1-2H3,(H,18,20)(H,21,22);1-4,12H,5H2/q;;-1. The normalized spacial score (nSPS) is 23.2. The fraction of sp³-hybridized carbons (Fsp3) is 0.556. The molecule has 3 aliphatic carbocycles. The molecule has 0 radical (unpaired) electrons. The summed E-state index contributed by atoms with van der Waals surface area (Å²) < 4.78 is 42.0. The van der Waals surface area contributed by atoms with E-state index in [1.807, 2.05) is 29.5 Å². The third-order valence-electron chi connectivity index (χ3n) is 14.2. The molecule has 0 spiro atoms. The number of nitrogens with one attached hydrogen (secondary N) is 4. The summed E-state index contributed by atoms with van der Waals surface area (Å²) in [6.45, 7) is 0.584. The van der Waals surface area contributed by atoms with Crippen molar-refractivity contribution in [1.29, 1.82) is 0 Å². The summed E-state index contributed by atoms with van der Waals surface area (Å²) in [7, 11) is 8.58.